The minimum absolute atomic E-state index is 0.467. The van der Waals surface area contributed by atoms with Gasteiger partial charge in [-0.25, -0.2) is 0 Å². The molecule has 1 aliphatic rings. The monoisotopic (exact) mass is 203 g/mol. The zero-order valence-electron chi connectivity index (χ0n) is 6.94. The van der Waals surface area contributed by atoms with Crippen LogP contribution < -0.4 is 5.32 Å². The number of hydrogen-bond donors (Lipinski definition) is 1. The van der Waals surface area contributed by atoms with E-state index in [1.54, 1.807) is 6.08 Å². The average molecular weight is 204 g/mol. The average Bonchev–Trinajstić information content (AvgIpc) is 2.48. The summed E-state index contributed by atoms with van der Waals surface area (Å²) in [6.07, 6.45) is 2.71. The number of nitrogens with one attached hydrogen (secondary N) is 1. The second kappa shape index (κ2) is 4.71. The van der Waals surface area contributed by atoms with Gasteiger partial charge in [0.25, 0.3) is 6.20 Å². The fourth-order valence-corrected chi connectivity index (χ4v) is 1.21. The molecule has 0 spiro atoms. The summed E-state index contributed by atoms with van der Waals surface area (Å²) in [5.41, 5.74) is 1.40. The zero-order valence-corrected chi connectivity index (χ0v) is 7.70. The van der Waals surface area contributed by atoms with E-state index in [1.165, 1.54) is 5.54 Å². The Balaban J connectivity index is 2.58. The molecule has 6 heteroatoms. The van der Waals surface area contributed by atoms with Gasteiger partial charge < -0.3 is 10.2 Å². The molecule has 1 aliphatic heterocycles. The van der Waals surface area contributed by atoms with Crippen molar-refractivity contribution in [2.45, 2.75) is 0 Å². The molecule has 0 aromatic heterocycles. The standard InChI is InChI=1S/C7H10ClN3O2/c8-2-1-4-10-5-3-9-7(10)6-11(12)13/h1-2,6,9H,3-5H2/b2-1+,7-6?. The summed E-state index contributed by atoms with van der Waals surface area (Å²) in [6.45, 7) is 2.09. The predicted octanol–water partition coefficient (Wildman–Crippen LogP) is 0.720. The summed E-state index contributed by atoms with van der Waals surface area (Å²) in [5, 5.41) is 13.1. The molecule has 0 bridgehead atoms. The molecule has 0 saturated carbocycles. The first-order chi connectivity index (χ1) is 6.24. The fourth-order valence-electron chi connectivity index (χ4n) is 1.14. The summed E-state index contributed by atoms with van der Waals surface area (Å²) in [7, 11) is 0. The Hall–Kier alpha value is -1.23. The van der Waals surface area contributed by atoms with Gasteiger partial charge in [-0.3, -0.25) is 10.1 Å². The van der Waals surface area contributed by atoms with E-state index in [4.69, 9.17) is 11.6 Å². The Labute approximate surface area is 80.8 Å². The van der Waals surface area contributed by atoms with Crippen LogP contribution in [0.1, 0.15) is 0 Å². The molecule has 0 unspecified atom stereocenters. The van der Waals surface area contributed by atoms with Gasteiger partial charge in [0.2, 0.25) is 0 Å². The van der Waals surface area contributed by atoms with Gasteiger partial charge >= 0.3 is 0 Å². The first kappa shape index (κ1) is 9.85. The molecule has 0 aromatic rings. The summed E-state index contributed by atoms with van der Waals surface area (Å²) in [5.74, 6) is 0.541. The second-order valence-corrected chi connectivity index (χ2v) is 2.79. The van der Waals surface area contributed by atoms with Crippen LogP contribution in [0, 0.1) is 10.1 Å². The summed E-state index contributed by atoms with van der Waals surface area (Å²) in [4.78, 5) is 11.6. The van der Waals surface area contributed by atoms with Gasteiger partial charge in [0.15, 0.2) is 5.82 Å². The van der Waals surface area contributed by atoms with Crippen LogP contribution in [-0.4, -0.2) is 29.5 Å². The Kier molecular flexibility index (Phi) is 3.57. The Bertz CT molecular complexity index is 252. The molecule has 0 radical (unpaired) electrons. The highest BCUT2D eigenvalue weighted by Gasteiger charge is 2.17. The van der Waals surface area contributed by atoms with Crippen LogP contribution in [0.25, 0.3) is 0 Å². The van der Waals surface area contributed by atoms with Crippen LogP contribution >= 0.6 is 11.6 Å². The molecule has 0 aromatic carbocycles. The minimum atomic E-state index is -0.467. The fraction of sp³-hybridized carbons (Fsp3) is 0.429. The third-order valence-corrected chi connectivity index (χ3v) is 1.85. The molecule has 0 atom stereocenters. The van der Waals surface area contributed by atoms with E-state index in [0.29, 0.717) is 12.4 Å². The Morgan fingerprint density at radius 3 is 3.15 bits per heavy atom. The van der Waals surface area contributed by atoms with Crippen molar-refractivity contribution in [3.63, 3.8) is 0 Å². The van der Waals surface area contributed by atoms with Crippen molar-refractivity contribution in [2.75, 3.05) is 19.6 Å². The second-order valence-electron chi connectivity index (χ2n) is 2.53. The highest BCUT2D eigenvalue weighted by molar-refractivity contribution is 6.25. The van der Waals surface area contributed by atoms with Crippen molar-refractivity contribution < 1.29 is 4.92 Å². The lowest BCUT2D eigenvalue weighted by Crippen LogP contribution is -2.20. The molecule has 1 fully saturated rings. The maximum absolute atomic E-state index is 10.2. The van der Waals surface area contributed by atoms with E-state index in [0.717, 1.165) is 19.3 Å². The Morgan fingerprint density at radius 1 is 1.77 bits per heavy atom. The lowest BCUT2D eigenvalue weighted by Gasteiger charge is -2.13. The van der Waals surface area contributed by atoms with Gasteiger partial charge in [-0.2, -0.15) is 0 Å². The number of nitro groups is 1. The lowest BCUT2D eigenvalue weighted by atomic mass is 10.5. The number of hydrogen-bond acceptors (Lipinski definition) is 4. The van der Waals surface area contributed by atoms with Gasteiger partial charge in [0.05, 0.1) is 4.92 Å². The number of halogens is 1. The molecular weight excluding hydrogens is 194 g/mol. The summed E-state index contributed by atoms with van der Waals surface area (Å²) in [6, 6.07) is 0. The smallest absolute Gasteiger partial charge is 0.274 e. The maximum Gasteiger partial charge on any atom is 0.274 e. The number of nitrogens with zero attached hydrogens (tertiary/aromatic N) is 2. The lowest BCUT2D eigenvalue weighted by molar-refractivity contribution is -0.404. The third-order valence-electron chi connectivity index (χ3n) is 1.67. The van der Waals surface area contributed by atoms with E-state index in [-0.39, 0.29) is 0 Å². The van der Waals surface area contributed by atoms with Gasteiger partial charge in [0.1, 0.15) is 0 Å². The maximum atomic E-state index is 10.2. The van der Waals surface area contributed by atoms with Gasteiger partial charge in [-0.05, 0) is 0 Å². The first-order valence-electron chi connectivity index (χ1n) is 3.83. The molecule has 1 N–H and O–H groups in total. The highest BCUT2D eigenvalue weighted by atomic mass is 35.5. The van der Waals surface area contributed by atoms with E-state index < -0.39 is 4.92 Å². The quantitative estimate of drug-likeness (QED) is 0.543. The van der Waals surface area contributed by atoms with Crippen LogP contribution in [-0.2, 0) is 0 Å². The summed E-state index contributed by atoms with van der Waals surface area (Å²) < 4.78 is 0. The largest absolute Gasteiger partial charge is 0.365 e. The molecule has 5 nitrogen and oxygen atoms in total. The van der Waals surface area contributed by atoms with Crippen LogP contribution in [0.5, 0.6) is 0 Å². The minimum Gasteiger partial charge on any atom is -0.365 e. The van der Waals surface area contributed by atoms with E-state index in [2.05, 4.69) is 5.32 Å². The van der Waals surface area contributed by atoms with Gasteiger partial charge in [0, 0.05) is 25.2 Å². The predicted molar refractivity (Wildman–Crippen MR) is 49.6 cm³/mol. The van der Waals surface area contributed by atoms with Gasteiger partial charge in [-0.1, -0.05) is 17.7 Å². The molecule has 0 amide bonds. The van der Waals surface area contributed by atoms with Crippen LogP contribution in [0.3, 0.4) is 0 Å². The molecule has 1 rings (SSSR count). The van der Waals surface area contributed by atoms with Crippen LogP contribution in [0.2, 0.25) is 0 Å². The van der Waals surface area contributed by atoms with Crippen molar-refractivity contribution in [3.8, 4) is 0 Å². The Morgan fingerprint density at radius 2 is 2.54 bits per heavy atom. The van der Waals surface area contributed by atoms with Gasteiger partial charge in [-0.15, -0.1) is 0 Å². The van der Waals surface area contributed by atoms with Crippen molar-refractivity contribution >= 4 is 11.6 Å². The van der Waals surface area contributed by atoms with Crippen molar-refractivity contribution in [2.24, 2.45) is 0 Å². The molecule has 1 heterocycles. The van der Waals surface area contributed by atoms with Crippen LogP contribution in [0.15, 0.2) is 23.6 Å². The van der Waals surface area contributed by atoms with Crippen molar-refractivity contribution in [3.05, 3.63) is 33.7 Å². The number of rotatable bonds is 3. The zero-order chi connectivity index (χ0) is 9.68. The molecule has 1 saturated heterocycles. The molecule has 0 aliphatic carbocycles. The molecule has 13 heavy (non-hydrogen) atoms. The molecular formula is C7H10ClN3O2. The normalized spacial score (nSPS) is 19.8. The van der Waals surface area contributed by atoms with E-state index in [1.807, 2.05) is 4.90 Å². The highest BCUT2D eigenvalue weighted by Crippen LogP contribution is 2.06. The van der Waals surface area contributed by atoms with Crippen molar-refractivity contribution in [1.82, 2.24) is 10.2 Å². The molecule has 72 valence electrons. The van der Waals surface area contributed by atoms with E-state index >= 15 is 0 Å². The van der Waals surface area contributed by atoms with Crippen LogP contribution in [0.4, 0.5) is 0 Å². The first-order valence-corrected chi connectivity index (χ1v) is 4.27. The van der Waals surface area contributed by atoms with E-state index in [9.17, 15) is 10.1 Å². The van der Waals surface area contributed by atoms with Crippen molar-refractivity contribution in [1.29, 1.82) is 0 Å². The third kappa shape index (κ3) is 2.95. The summed E-state index contributed by atoms with van der Waals surface area (Å²) >= 11 is 5.35. The SMILES string of the molecule is O=[N+]([O-])C=C1NCCN1C/C=C/Cl. The topological polar surface area (TPSA) is 58.4 Å².